The van der Waals surface area contributed by atoms with Gasteiger partial charge < -0.3 is 15.2 Å². The van der Waals surface area contributed by atoms with Gasteiger partial charge in [0.1, 0.15) is 5.75 Å². The van der Waals surface area contributed by atoms with E-state index in [4.69, 9.17) is 4.74 Å². The molecule has 2 rings (SSSR count). The Labute approximate surface area is 116 Å². The average molecular weight is 263 g/mol. The molecule has 0 amide bonds. The Balaban J connectivity index is 2.06. The van der Waals surface area contributed by atoms with Gasteiger partial charge >= 0.3 is 0 Å². The molecule has 0 saturated carbocycles. The molecule has 1 aliphatic rings. The number of rotatable bonds is 6. The fourth-order valence-electron chi connectivity index (χ4n) is 2.77. The third-order valence-corrected chi connectivity index (χ3v) is 4.00. The number of aromatic hydroxyl groups is 1. The van der Waals surface area contributed by atoms with E-state index in [1.807, 2.05) is 12.1 Å². The Bertz CT molecular complexity index is 382. The van der Waals surface area contributed by atoms with Crippen LogP contribution in [0.3, 0.4) is 0 Å². The fourth-order valence-corrected chi connectivity index (χ4v) is 2.77. The lowest BCUT2D eigenvalue weighted by atomic mass is 9.88. The molecule has 0 aromatic heterocycles. The summed E-state index contributed by atoms with van der Waals surface area (Å²) in [6.45, 7) is 6.29. The smallest absolute Gasteiger partial charge is 0.115 e. The van der Waals surface area contributed by atoms with Crippen LogP contribution in [0.4, 0.5) is 0 Å². The molecule has 3 nitrogen and oxygen atoms in total. The van der Waals surface area contributed by atoms with E-state index in [0.29, 0.717) is 11.8 Å². The Morgan fingerprint density at radius 3 is 2.68 bits per heavy atom. The van der Waals surface area contributed by atoms with Crippen LogP contribution in [0.5, 0.6) is 5.75 Å². The summed E-state index contributed by atoms with van der Waals surface area (Å²) in [5.74, 6) is 0.324. The molecular formula is C16H25NO2. The van der Waals surface area contributed by atoms with Gasteiger partial charge in [0, 0.05) is 12.6 Å². The summed E-state index contributed by atoms with van der Waals surface area (Å²) in [5.41, 5.74) is 1.18. The predicted octanol–water partition coefficient (Wildman–Crippen LogP) is 2.87. The molecule has 1 heterocycles. The van der Waals surface area contributed by atoms with Crippen molar-refractivity contribution in [2.45, 2.75) is 51.2 Å². The van der Waals surface area contributed by atoms with Crippen molar-refractivity contribution in [3.8, 4) is 5.75 Å². The molecule has 2 unspecified atom stereocenters. The number of ether oxygens (including phenoxy) is 1. The molecule has 1 aromatic rings. The van der Waals surface area contributed by atoms with Crippen molar-refractivity contribution in [3.63, 3.8) is 0 Å². The van der Waals surface area contributed by atoms with Gasteiger partial charge in [-0.3, -0.25) is 0 Å². The minimum Gasteiger partial charge on any atom is -0.508 e. The Morgan fingerprint density at radius 1 is 1.37 bits per heavy atom. The monoisotopic (exact) mass is 263 g/mol. The molecule has 1 fully saturated rings. The Morgan fingerprint density at radius 2 is 2.11 bits per heavy atom. The van der Waals surface area contributed by atoms with Crippen LogP contribution < -0.4 is 5.32 Å². The number of phenols is 1. The van der Waals surface area contributed by atoms with Crippen LogP contribution in [0, 0.1) is 0 Å². The maximum Gasteiger partial charge on any atom is 0.115 e. The molecule has 1 saturated heterocycles. The topological polar surface area (TPSA) is 41.5 Å². The molecule has 1 aliphatic heterocycles. The number of hydrogen-bond donors (Lipinski definition) is 2. The highest BCUT2D eigenvalue weighted by Crippen LogP contribution is 2.30. The predicted molar refractivity (Wildman–Crippen MR) is 77.5 cm³/mol. The number of nitrogens with one attached hydrogen (secondary N) is 1. The van der Waals surface area contributed by atoms with Crippen LogP contribution in [0.15, 0.2) is 24.3 Å². The molecule has 1 aromatic carbocycles. The first-order valence-electron chi connectivity index (χ1n) is 7.29. The number of hydrogen-bond acceptors (Lipinski definition) is 3. The van der Waals surface area contributed by atoms with Crippen molar-refractivity contribution < 1.29 is 9.84 Å². The van der Waals surface area contributed by atoms with E-state index in [1.54, 1.807) is 12.1 Å². The van der Waals surface area contributed by atoms with Crippen LogP contribution in [0.25, 0.3) is 0 Å². The molecule has 0 radical (unpaired) electrons. The second-order valence-electron chi connectivity index (χ2n) is 5.64. The molecule has 0 spiro atoms. The summed E-state index contributed by atoms with van der Waals surface area (Å²) in [7, 11) is 0. The third-order valence-electron chi connectivity index (χ3n) is 4.00. The van der Waals surface area contributed by atoms with E-state index in [9.17, 15) is 5.11 Å². The van der Waals surface area contributed by atoms with Crippen molar-refractivity contribution in [1.29, 1.82) is 0 Å². The zero-order chi connectivity index (χ0) is 13.7. The summed E-state index contributed by atoms with van der Waals surface area (Å²) in [6.07, 6.45) is 4.34. The van der Waals surface area contributed by atoms with Gasteiger partial charge in [-0.1, -0.05) is 19.1 Å². The average Bonchev–Trinajstić information content (AvgIpc) is 2.85. The first-order chi connectivity index (χ1) is 9.14. The van der Waals surface area contributed by atoms with E-state index in [-0.39, 0.29) is 5.60 Å². The van der Waals surface area contributed by atoms with Gasteiger partial charge in [0.05, 0.1) is 5.60 Å². The van der Waals surface area contributed by atoms with Crippen molar-refractivity contribution >= 4 is 0 Å². The summed E-state index contributed by atoms with van der Waals surface area (Å²) < 4.78 is 5.98. The molecule has 0 bridgehead atoms. The SMILES string of the molecule is CCCNC(Cc1ccc(O)cc1)C1(C)CCCO1. The third kappa shape index (κ3) is 3.71. The van der Waals surface area contributed by atoms with Gasteiger partial charge in [0.2, 0.25) is 0 Å². The van der Waals surface area contributed by atoms with Gasteiger partial charge in [-0.2, -0.15) is 0 Å². The van der Waals surface area contributed by atoms with Crippen LogP contribution in [0.2, 0.25) is 0 Å². The summed E-state index contributed by atoms with van der Waals surface area (Å²) >= 11 is 0. The van der Waals surface area contributed by atoms with Gasteiger partial charge in [-0.05, 0) is 56.8 Å². The summed E-state index contributed by atoms with van der Waals surface area (Å²) in [5, 5.41) is 13.0. The normalized spacial score (nSPS) is 24.5. The first kappa shape index (κ1) is 14.4. The molecule has 0 aliphatic carbocycles. The highest BCUT2D eigenvalue weighted by Gasteiger charge is 2.37. The molecule has 2 N–H and O–H groups in total. The van der Waals surface area contributed by atoms with Gasteiger partial charge in [0.15, 0.2) is 0 Å². The second kappa shape index (κ2) is 6.40. The maximum absolute atomic E-state index is 9.35. The standard InChI is InChI=1S/C16H25NO2/c1-3-10-17-15(16(2)9-4-11-19-16)12-13-5-7-14(18)8-6-13/h5-8,15,17-18H,3-4,9-12H2,1-2H3. The Hall–Kier alpha value is -1.06. The second-order valence-corrected chi connectivity index (χ2v) is 5.64. The van der Waals surface area contributed by atoms with Crippen molar-refractivity contribution in [3.05, 3.63) is 29.8 Å². The van der Waals surface area contributed by atoms with E-state index in [2.05, 4.69) is 19.2 Å². The fraction of sp³-hybridized carbons (Fsp3) is 0.625. The zero-order valence-corrected chi connectivity index (χ0v) is 12.0. The summed E-state index contributed by atoms with van der Waals surface area (Å²) in [6, 6.07) is 7.83. The van der Waals surface area contributed by atoms with Crippen molar-refractivity contribution in [2.75, 3.05) is 13.2 Å². The lowest BCUT2D eigenvalue weighted by molar-refractivity contribution is -0.0114. The quantitative estimate of drug-likeness (QED) is 0.829. The Kier molecular flexibility index (Phi) is 4.83. The number of benzene rings is 1. The van der Waals surface area contributed by atoms with Crippen LogP contribution >= 0.6 is 0 Å². The van der Waals surface area contributed by atoms with E-state index in [1.165, 1.54) is 5.56 Å². The molecular weight excluding hydrogens is 238 g/mol. The van der Waals surface area contributed by atoms with Crippen molar-refractivity contribution in [1.82, 2.24) is 5.32 Å². The summed E-state index contributed by atoms with van der Waals surface area (Å²) in [4.78, 5) is 0. The van der Waals surface area contributed by atoms with Crippen molar-refractivity contribution in [2.24, 2.45) is 0 Å². The first-order valence-corrected chi connectivity index (χ1v) is 7.29. The lowest BCUT2D eigenvalue weighted by Gasteiger charge is -2.34. The van der Waals surface area contributed by atoms with Gasteiger partial charge in [0.25, 0.3) is 0 Å². The highest BCUT2D eigenvalue weighted by atomic mass is 16.5. The lowest BCUT2D eigenvalue weighted by Crippen LogP contribution is -2.50. The van der Waals surface area contributed by atoms with E-state index < -0.39 is 0 Å². The van der Waals surface area contributed by atoms with Gasteiger partial charge in [-0.25, -0.2) is 0 Å². The number of phenolic OH excluding ortho intramolecular Hbond substituents is 1. The maximum atomic E-state index is 9.35. The molecule has 106 valence electrons. The van der Waals surface area contributed by atoms with Crippen LogP contribution in [-0.2, 0) is 11.2 Å². The zero-order valence-electron chi connectivity index (χ0n) is 12.0. The molecule has 19 heavy (non-hydrogen) atoms. The minimum atomic E-state index is -0.0624. The van der Waals surface area contributed by atoms with Crippen LogP contribution in [0.1, 0.15) is 38.7 Å². The highest BCUT2D eigenvalue weighted by molar-refractivity contribution is 5.27. The molecule has 2 atom stereocenters. The van der Waals surface area contributed by atoms with E-state index in [0.717, 1.165) is 38.8 Å². The van der Waals surface area contributed by atoms with Crippen LogP contribution in [-0.4, -0.2) is 29.9 Å². The molecule has 3 heteroatoms. The van der Waals surface area contributed by atoms with E-state index >= 15 is 0 Å². The minimum absolute atomic E-state index is 0.0624. The largest absolute Gasteiger partial charge is 0.508 e. The van der Waals surface area contributed by atoms with Gasteiger partial charge in [-0.15, -0.1) is 0 Å².